The maximum Gasteiger partial charge on any atom is 0.315 e. The third kappa shape index (κ3) is 4.50. The third-order valence-electron chi connectivity index (χ3n) is 3.12. The number of phenols is 1. The highest BCUT2D eigenvalue weighted by Crippen LogP contribution is 2.09. The van der Waals surface area contributed by atoms with Crippen LogP contribution < -0.4 is 10.6 Å². The SMILES string of the molecule is O=C(NCc1ccc(O)cc1)NCc1ccccc1CO. The van der Waals surface area contributed by atoms with Gasteiger partial charge in [-0.15, -0.1) is 0 Å². The Hall–Kier alpha value is -2.53. The molecule has 2 aromatic carbocycles. The van der Waals surface area contributed by atoms with E-state index in [1.807, 2.05) is 24.3 Å². The molecule has 2 rings (SSSR count). The Bertz CT molecular complexity index is 597. The monoisotopic (exact) mass is 286 g/mol. The molecule has 0 aliphatic carbocycles. The minimum atomic E-state index is -0.282. The van der Waals surface area contributed by atoms with E-state index in [1.54, 1.807) is 24.3 Å². The molecule has 4 N–H and O–H groups in total. The number of urea groups is 1. The van der Waals surface area contributed by atoms with Crippen LogP contribution in [0.5, 0.6) is 5.75 Å². The summed E-state index contributed by atoms with van der Waals surface area (Å²) in [4.78, 5) is 11.7. The first kappa shape index (κ1) is 14.9. The van der Waals surface area contributed by atoms with Crippen LogP contribution in [0.15, 0.2) is 48.5 Å². The molecule has 5 heteroatoms. The van der Waals surface area contributed by atoms with E-state index >= 15 is 0 Å². The summed E-state index contributed by atoms with van der Waals surface area (Å²) in [5, 5.41) is 23.9. The van der Waals surface area contributed by atoms with Gasteiger partial charge in [-0.05, 0) is 28.8 Å². The average Bonchev–Trinajstić information content (AvgIpc) is 2.52. The average molecular weight is 286 g/mol. The van der Waals surface area contributed by atoms with Crippen LogP contribution in [-0.4, -0.2) is 16.2 Å². The summed E-state index contributed by atoms with van der Waals surface area (Å²) in [6.45, 7) is 0.693. The van der Waals surface area contributed by atoms with Crippen molar-refractivity contribution in [1.29, 1.82) is 0 Å². The first-order valence-corrected chi connectivity index (χ1v) is 6.66. The maximum absolute atomic E-state index is 11.7. The zero-order valence-corrected chi connectivity index (χ0v) is 11.5. The Morgan fingerprint density at radius 2 is 1.52 bits per heavy atom. The van der Waals surface area contributed by atoms with Crippen LogP contribution in [0.25, 0.3) is 0 Å². The van der Waals surface area contributed by atoms with E-state index in [4.69, 9.17) is 0 Å². The number of phenolic OH excluding ortho intramolecular Hbond substituents is 1. The number of amides is 2. The molecular weight excluding hydrogens is 268 g/mol. The van der Waals surface area contributed by atoms with Gasteiger partial charge in [0.2, 0.25) is 0 Å². The van der Waals surface area contributed by atoms with Gasteiger partial charge < -0.3 is 20.8 Å². The number of hydrogen-bond acceptors (Lipinski definition) is 3. The lowest BCUT2D eigenvalue weighted by Gasteiger charge is -2.10. The summed E-state index contributed by atoms with van der Waals surface area (Å²) in [5.74, 6) is 0.198. The molecule has 5 nitrogen and oxygen atoms in total. The minimum absolute atomic E-state index is 0.0486. The summed E-state index contributed by atoms with van der Waals surface area (Å²) in [5.41, 5.74) is 2.59. The van der Waals surface area contributed by atoms with Crippen LogP contribution >= 0.6 is 0 Å². The second kappa shape index (κ2) is 7.31. The number of rotatable bonds is 5. The molecule has 2 amide bonds. The van der Waals surface area contributed by atoms with Gasteiger partial charge >= 0.3 is 6.03 Å². The van der Waals surface area contributed by atoms with Crippen molar-refractivity contribution in [3.63, 3.8) is 0 Å². The molecule has 21 heavy (non-hydrogen) atoms. The zero-order valence-electron chi connectivity index (χ0n) is 11.5. The van der Waals surface area contributed by atoms with E-state index < -0.39 is 0 Å². The van der Waals surface area contributed by atoms with Crippen LogP contribution in [0.4, 0.5) is 4.79 Å². The quantitative estimate of drug-likeness (QED) is 0.677. The van der Waals surface area contributed by atoms with Crippen molar-refractivity contribution in [2.75, 3.05) is 0 Å². The molecule has 110 valence electrons. The van der Waals surface area contributed by atoms with Gasteiger partial charge in [0.15, 0.2) is 0 Å². The highest BCUT2D eigenvalue weighted by atomic mass is 16.3. The Labute approximate surface area is 123 Å². The molecule has 0 atom stereocenters. The van der Waals surface area contributed by atoms with Crippen molar-refractivity contribution >= 4 is 6.03 Å². The summed E-state index contributed by atoms with van der Waals surface area (Å²) in [7, 11) is 0. The van der Waals surface area contributed by atoms with E-state index in [-0.39, 0.29) is 18.4 Å². The molecule has 0 saturated carbocycles. The molecule has 0 fully saturated rings. The number of benzene rings is 2. The lowest BCUT2D eigenvalue weighted by Crippen LogP contribution is -2.34. The highest BCUT2D eigenvalue weighted by molar-refractivity contribution is 5.73. The molecule has 0 spiro atoms. The zero-order chi connectivity index (χ0) is 15.1. The Balaban J connectivity index is 1.81. The van der Waals surface area contributed by atoms with Crippen LogP contribution in [0.2, 0.25) is 0 Å². The van der Waals surface area contributed by atoms with Gasteiger partial charge in [0, 0.05) is 13.1 Å². The molecule has 0 heterocycles. The Kier molecular flexibility index (Phi) is 5.17. The van der Waals surface area contributed by atoms with E-state index in [0.29, 0.717) is 13.1 Å². The molecule has 0 aromatic heterocycles. The molecule has 0 radical (unpaired) electrons. The van der Waals surface area contributed by atoms with Crippen molar-refractivity contribution in [1.82, 2.24) is 10.6 Å². The smallest absolute Gasteiger partial charge is 0.315 e. The second-order valence-electron chi connectivity index (χ2n) is 4.63. The highest BCUT2D eigenvalue weighted by Gasteiger charge is 2.04. The summed E-state index contributed by atoms with van der Waals surface area (Å²) in [6.07, 6.45) is 0. The van der Waals surface area contributed by atoms with Crippen LogP contribution in [0.3, 0.4) is 0 Å². The predicted molar refractivity (Wildman–Crippen MR) is 79.5 cm³/mol. The normalized spacial score (nSPS) is 10.1. The first-order chi connectivity index (χ1) is 10.2. The van der Waals surface area contributed by atoms with Crippen molar-refractivity contribution in [2.45, 2.75) is 19.7 Å². The van der Waals surface area contributed by atoms with Gasteiger partial charge in [-0.2, -0.15) is 0 Å². The van der Waals surface area contributed by atoms with Crippen molar-refractivity contribution < 1.29 is 15.0 Å². The van der Waals surface area contributed by atoms with E-state index in [9.17, 15) is 15.0 Å². The summed E-state index contributed by atoms with van der Waals surface area (Å²) in [6, 6.07) is 13.8. The number of nitrogens with one attached hydrogen (secondary N) is 2. The third-order valence-corrected chi connectivity index (χ3v) is 3.12. The van der Waals surface area contributed by atoms with Crippen molar-refractivity contribution in [2.24, 2.45) is 0 Å². The van der Waals surface area contributed by atoms with E-state index in [0.717, 1.165) is 16.7 Å². The number of carbonyl (C=O) groups excluding carboxylic acids is 1. The topological polar surface area (TPSA) is 81.6 Å². The molecule has 0 aliphatic rings. The first-order valence-electron chi connectivity index (χ1n) is 6.66. The Morgan fingerprint density at radius 3 is 2.19 bits per heavy atom. The Morgan fingerprint density at radius 1 is 0.905 bits per heavy atom. The molecular formula is C16H18N2O3. The van der Waals surface area contributed by atoms with Gasteiger partial charge in [0.05, 0.1) is 6.61 Å². The van der Waals surface area contributed by atoms with Gasteiger partial charge in [-0.25, -0.2) is 4.79 Å². The molecule has 0 unspecified atom stereocenters. The summed E-state index contributed by atoms with van der Waals surface area (Å²) < 4.78 is 0. The van der Waals surface area contributed by atoms with Crippen molar-refractivity contribution in [3.05, 3.63) is 65.2 Å². The van der Waals surface area contributed by atoms with Crippen LogP contribution in [0.1, 0.15) is 16.7 Å². The van der Waals surface area contributed by atoms with Gasteiger partial charge in [-0.1, -0.05) is 36.4 Å². The fourth-order valence-electron chi connectivity index (χ4n) is 1.92. The fraction of sp³-hybridized carbons (Fsp3) is 0.188. The van der Waals surface area contributed by atoms with Crippen LogP contribution in [0, 0.1) is 0 Å². The number of hydrogen-bond donors (Lipinski definition) is 4. The molecule has 0 bridgehead atoms. The number of aliphatic hydroxyl groups is 1. The molecule has 2 aromatic rings. The van der Waals surface area contributed by atoms with E-state index in [1.165, 1.54) is 0 Å². The van der Waals surface area contributed by atoms with Gasteiger partial charge in [-0.3, -0.25) is 0 Å². The lowest BCUT2D eigenvalue weighted by atomic mass is 10.1. The summed E-state index contributed by atoms with van der Waals surface area (Å²) >= 11 is 0. The van der Waals surface area contributed by atoms with E-state index in [2.05, 4.69) is 10.6 Å². The van der Waals surface area contributed by atoms with Gasteiger partial charge in [0.25, 0.3) is 0 Å². The molecule has 0 saturated heterocycles. The minimum Gasteiger partial charge on any atom is -0.508 e. The fourth-order valence-corrected chi connectivity index (χ4v) is 1.92. The molecule has 0 aliphatic heterocycles. The largest absolute Gasteiger partial charge is 0.508 e. The van der Waals surface area contributed by atoms with Crippen LogP contribution in [-0.2, 0) is 19.7 Å². The van der Waals surface area contributed by atoms with Crippen molar-refractivity contribution in [3.8, 4) is 5.75 Å². The number of aromatic hydroxyl groups is 1. The number of aliphatic hydroxyl groups excluding tert-OH is 1. The predicted octanol–water partition coefficient (Wildman–Crippen LogP) is 1.88. The lowest BCUT2D eigenvalue weighted by molar-refractivity contribution is 0.240. The second-order valence-corrected chi connectivity index (χ2v) is 4.63. The standard InChI is InChI=1S/C16H18N2O3/c19-11-14-4-2-1-3-13(14)10-18-16(21)17-9-12-5-7-15(20)8-6-12/h1-8,19-20H,9-11H2,(H2,17,18,21). The number of carbonyl (C=O) groups is 1. The maximum atomic E-state index is 11.7. The van der Waals surface area contributed by atoms with Gasteiger partial charge in [0.1, 0.15) is 5.75 Å².